The van der Waals surface area contributed by atoms with Gasteiger partial charge in [-0.3, -0.25) is 0 Å². The molecular formula is C12H12BrNOS. The minimum absolute atomic E-state index is 0.591. The van der Waals surface area contributed by atoms with Crippen LogP contribution in [0.15, 0.2) is 40.9 Å². The van der Waals surface area contributed by atoms with Gasteiger partial charge in [0.2, 0.25) is 0 Å². The summed E-state index contributed by atoms with van der Waals surface area (Å²) in [6, 6.07) is 11.9. The van der Waals surface area contributed by atoms with Crippen LogP contribution >= 0.6 is 27.3 Å². The quantitative estimate of drug-likeness (QED) is 0.937. The van der Waals surface area contributed by atoms with Crippen molar-refractivity contribution < 1.29 is 4.74 Å². The molecule has 0 aliphatic carbocycles. The maximum atomic E-state index is 5.70. The SMILES string of the molecule is NCc1ccc(COc2ccccc2Br)s1. The third-order valence-corrected chi connectivity index (χ3v) is 3.86. The van der Waals surface area contributed by atoms with Gasteiger partial charge in [0.25, 0.3) is 0 Å². The van der Waals surface area contributed by atoms with E-state index >= 15 is 0 Å². The Hall–Kier alpha value is -0.840. The van der Waals surface area contributed by atoms with Gasteiger partial charge in [0, 0.05) is 16.3 Å². The Kier molecular flexibility index (Phi) is 3.98. The summed E-state index contributed by atoms with van der Waals surface area (Å²) in [6.07, 6.45) is 0. The van der Waals surface area contributed by atoms with Crippen molar-refractivity contribution in [2.45, 2.75) is 13.2 Å². The number of hydrogen-bond donors (Lipinski definition) is 1. The number of thiophene rings is 1. The second-order valence-electron chi connectivity index (χ2n) is 3.29. The van der Waals surface area contributed by atoms with Crippen LogP contribution in [0.2, 0.25) is 0 Å². The Morgan fingerprint density at radius 1 is 1.12 bits per heavy atom. The molecule has 2 N–H and O–H groups in total. The fourth-order valence-electron chi connectivity index (χ4n) is 1.32. The molecule has 2 aromatic rings. The summed E-state index contributed by atoms with van der Waals surface area (Å²) in [5.41, 5.74) is 5.56. The number of nitrogens with two attached hydrogens (primary N) is 1. The lowest BCUT2D eigenvalue weighted by molar-refractivity contribution is 0.308. The molecule has 0 amide bonds. The lowest BCUT2D eigenvalue weighted by atomic mass is 10.3. The van der Waals surface area contributed by atoms with E-state index in [0.717, 1.165) is 10.2 Å². The standard InChI is InChI=1S/C12H12BrNOS/c13-11-3-1-2-4-12(11)15-8-10-6-5-9(7-14)16-10/h1-6H,7-8,14H2. The monoisotopic (exact) mass is 297 g/mol. The largest absolute Gasteiger partial charge is 0.487 e. The van der Waals surface area contributed by atoms with Crippen molar-refractivity contribution in [3.05, 3.63) is 50.6 Å². The van der Waals surface area contributed by atoms with Gasteiger partial charge in [-0.15, -0.1) is 11.3 Å². The summed E-state index contributed by atoms with van der Waals surface area (Å²) >= 11 is 5.14. The van der Waals surface area contributed by atoms with Crippen molar-refractivity contribution in [2.24, 2.45) is 5.73 Å². The first-order valence-electron chi connectivity index (χ1n) is 4.94. The van der Waals surface area contributed by atoms with E-state index in [4.69, 9.17) is 10.5 Å². The molecule has 16 heavy (non-hydrogen) atoms. The van der Waals surface area contributed by atoms with Crippen LogP contribution in [0.5, 0.6) is 5.75 Å². The second kappa shape index (κ2) is 5.48. The summed E-state index contributed by atoms with van der Waals surface area (Å²) in [7, 11) is 0. The van der Waals surface area contributed by atoms with E-state index < -0.39 is 0 Å². The first-order valence-corrected chi connectivity index (χ1v) is 6.55. The van der Waals surface area contributed by atoms with E-state index in [1.807, 2.05) is 30.3 Å². The zero-order valence-electron chi connectivity index (χ0n) is 8.65. The van der Waals surface area contributed by atoms with E-state index in [9.17, 15) is 0 Å². The van der Waals surface area contributed by atoms with E-state index in [-0.39, 0.29) is 0 Å². The molecule has 2 nitrogen and oxygen atoms in total. The Bertz CT molecular complexity index is 470. The topological polar surface area (TPSA) is 35.2 Å². The highest BCUT2D eigenvalue weighted by Crippen LogP contribution is 2.25. The Morgan fingerprint density at radius 3 is 2.56 bits per heavy atom. The highest BCUT2D eigenvalue weighted by Gasteiger charge is 2.02. The van der Waals surface area contributed by atoms with Crippen molar-refractivity contribution >= 4 is 27.3 Å². The van der Waals surface area contributed by atoms with Crippen molar-refractivity contribution in [1.82, 2.24) is 0 Å². The summed E-state index contributed by atoms with van der Waals surface area (Å²) in [5, 5.41) is 0. The minimum Gasteiger partial charge on any atom is -0.487 e. The van der Waals surface area contributed by atoms with Crippen molar-refractivity contribution in [3.8, 4) is 5.75 Å². The normalized spacial score (nSPS) is 10.4. The van der Waals surface area contributed by atoms with Gasteiger partial charge in [0.15, 0.2) is 0 Å². The maximum absolute atomic E-state index is 5.70. The minimum atomic E-state index is 0.591. The molecule has 0 aliphatic heterocycles. The zero-order chi connectivity index (χ0) is 11.4. The molecule has 0 saturated carbocycles. The number of halogens is 1. The Balaban J connectivity index is 1.99. The molecule has 0 aliphatic rings. The average Bonchev–Trinajstić information content (AvgIpc) is 2.76. The van der Waals surface area contributed by atoms with Crippen LogP contribution in [-0.4, -0.2) is 0 Å². The molecule has 0 spiro atoms. The predicted octanol–water partition coefficient (Wildman–Crippen LogP) is 3.55. The van der Waals surface area contributed by atoms with Gasteiger partial charge in [-0.25, -0.2) is 0 Å². The highest BCUT2D eigenvalue weighted by atomic mass is 79.9. The van der Waals surface area contributed by atoms with Crippen LogP contribution in [0.3, 0.4) is 0 Å². The molecule has 4 heteroatoms. The summed E-state index contributed by atoms with van der Waals surface area (Å²) in [5.74, 6) is 0.866. The van der Waals surface area contributed by atoms with Crippen molar-refractivity contribution in [3.63, 3.8) is 0 Å². The Morgan fingerprint density at radius 2 is 1.88 bits per heavy atom. The van der Waals surface area contributed by atoms with Gasteiger partial charge in [-0.2, -0.15) is 0 Å². The number of para-hydroxylation sites is 1. The van der Waals surface area contributed by atoms with Gasteiger partial charge in [-0.05, 0) is 40.2 Å². The van der Waals surface area contributed by atoms with Gasteiger partial charge in [0.1, 0.15) is 12.4 Å². The van der Waals surface area contributed by atoms with E-state index in [2.05, 4.69) is 22.0 Å². The summed E-state index contributed by atoms with van der Waals surface area (Å²) in [4.78, 5) is 2.38. The number of rotatable bonds is 4. The first-order chi connectivity index (χ1) is 7.79. The van der Waals surface area contributed by atoms with E-state index in [1.54, 1.807) is 11.3 Å². The second-order valence-corrected chi connectivity index (χ2v) is 5.40. The number of benzene rings is 1. The summed E-state index contributed by atoms with van der Waals surface area (Å²) in [6.45, 7) is 1.19. The van der Waals surface area contributed by atoms with Crippen molar-refractivity contribution in [1.29, 1.82) is 0 Å². The molecular weight excluding hydrogens is 286 g/mol. The summed E-state index contributed by atoms with van der Waals surface area (Å²) < 4.78 is 6.68. The molecule has 0 unspecified atom stereocenters. The smallest absolute Gasteiger partial charge is 0.134 e. The molecule has 1 heterocycles. The Labute approximate surface area is 107 Å². The van der Waals surface area contributed by atoms with E-state index in [0.29, 0.717) is 13.2 Å². The van der Waals surface area contributed by atoms with Crippen molar-refractivity contribution in [2.75, 3.05) is 0 Å². The maximum Gasteiger partial charge on any atom is 0.134 e. The first kappa shape index (κ1) is 11.6. The molecule has 84 valence electrons. The van der Waals surface area contributed by atoms with Crippen LogP contribution in [0.4, 0.5) is 0 Å². The zero-order valence-corrected chi connectivity index (χ0v) is 11.1. The average molecular weight is 298 g/mol. The molecule has 1 aromatic heterocycles. The van der Waals surface area contributed by atoms with Crippen LogP contribution in [0.1, 0.15) is 9.75 Å². The van der Waals surface area contributed by atoms with Crippen LogP contribution in [0.25, 0.3) is 0 Å². The van der Waals surface area contributed by atoms with Gasteiger partial charge in [0.05, 0.1) is 4.47 Å². The number of ether oxygens (including phenoxy) is 1. The number of hydrogen-bond acceptors (Lipinski definition) is 3. The lowest BCUT2D eigenvalue weighted by Crippen LogP contribution is -1.93. The van der Waals surface area contributed by atoms with E-state index in [1.165, 1.54) is 9.75 Å². The fraction of sp³-hybridized carbons (Fsp3) is 0.167. The van der Waals surface area contributed by atoms with Crippen LogP contribution in [-0.2, 0) is 13.2 Å². The molecule has 1 aromatic carbocycles. The van der Waals surface area contributed by atoms with Crippen LogP contribution in [0, 0.1) is 0 Å². The van der Waals surface area contributed by atoms with Gasteiger partial charge in [-0.1, -0.05) is 12.1 Å². The molecule has 0 fully saturated rings. The molecule has 0 bridgehead atoms. The molecule has 2 rings (SSSR count). The highest BCUT2D eigenvalue weighted by molar-refractivity contribution is 9.10. The fourth-order valence-corrected chi connectivity index (χ4v) is 2.53. The third kappa shape index (κ3) is 2.84. The predicted molar refractivity (Wildman–Crippen MR) is 70.7 cm³/mol. The van der Waals surface area contributed by atoms with Gasteiger partial charge < -0.3 is 10.5 Å². The van der Waals surface area contributed by atoms with Gasteiger partial charge >= 0.3 is 0 Å². The molecule has 0 saturated heterocycles. The van der Waals surface area contributed by atoms with Crippen LogP contribution < -0.4 is 10.5 Å². The lowest BCUT2D eigenvalue weighted by Gasteiger charge is -2.05. The molecule has 0 atom stereocenters. The third-order valence-electron chi connectivity index (χ3n) is 2.13. The molecule has 0 radical (unpaired) electrons.